The Balaban J connectivity index is 1.91. The average molecular weight is 293 g/mol. The number of aryl methyl sites for hydroxylation is 1. The first kappa shape index (κ1) is 15.3. The summed E-state index contributed by atoms with van der Waals surface area (Å²) in [5.41, 5.74) is 1.19. The number of ether oxygens (including phenoxy) is 2. The predicted octanol–water partition coefficient (Wildman–Crippen LogP) is 0.940. The number of morpholine rings is 1. The molecule has 1 atom stereocenters. The van der Waals surface area contributed by atoms with Crippen molar-refractivity contribution < 1.29 is 24.2 Å². The predicted molar refractivity (Wildman–Crippen MR) is 75.3 cm³/mol. The molecule has 0 spiro atoms. The topological polar surface area (TPSA) is 76.1 Å². The minimum atomic E-state index is -1.06. The average Bonchev–Trinajstić information content (AvgIpc) is 2.53. The van der Waals surface area contributed by atoms with Gasteiger partial charge in [0.1, 0.15) is 5.75 Å². The van der Waals surface area contributed by atoms with Gasteiger partial charge >= 0.3 is 5.97 Å². The van der Waals surface area contributed by atoms with Crippen molar-refractivity contribution in [2.45, 2.75) is 19.4 Å². The summed E-state index contributed by atoms with van der Waals surface area (Å²) in [4.78, 5) is 24.5. The van der Waals surface area contributed by atoms with Gasteiger partial charge in [0.15, 0.2) is 12.6 Å². The number of carbonyl (C=O) groups is 2. The van der Waals surface area contributed by atoms with Crippen LogP contribution in [-0.4, -0.2) is 54.3 Å². The number of aliphatic carboxylic acids is 1. The second-order valence-electron chi connectivity index (χ2n) is 4.80. The molecule has 1 aromatic rings. The van der Waals surface area contributed by atoms with Gasteiger partial charge in [0, 0.05) is 6.54 Å². The summed E-state index contributed by atoms with van der Waals surface area (Å²) in [7, 11) is 0. The van der Waals surface area contributed by atoms with Crippen molar-refractivity contribution >= 4 is 11.9 Å². The molecule has 1 saturated heterocycles. The molecular formula is C15H19NO5. The van der Waals surface area contributed by atoms with Crippen LogP contribution >= 0.6 is 0 Å². The quantitative estimate of drug-likeness (QED) is 0.874. The first-order valence-electron chi connectivity index (χ1n) is 6.93. The number of carboxylic acids is 1. The third-order valence-electron chi connectivity index (χ3n) is 3.43. The molecule has 1 fully saturated rings. The smallest absolute Gasteiger partial charge is 0.328 e. The van der Waals surface area contributed by atoms with Gasteiger partial charge < -0.3 is 19.5 Å². The largest absolute Gasteiger partial charge is 0.484 e. The maximum atomic E-state index is 12.1. The van der Waals surface area contributed by atoms with E-state index in [1.807, 2.05) is 12.1 Å². The fraction of sp³-hybridized carbons (Fsp3) is 0.467. The van der Waals surface area contributed by atoms with Gasteiger partial charge in [0.2, 0.25) is 0 Å². The lowest BCUT2D eigenvalue weighted by Crippen LogP contribution is -2.53. The molecule has 0 aliphatic carbocycles. The Kier molecular flexibility index (Phi) is 5.16. The standard InChI is InChI=1S/C15H19NO5/c1-2-11-3-5-12(6-4-11)21-10-14(17)16-7-8-20-9-13(16)15(18)19/h3-6,13H,2,7-10H2,1H3,(H,18,19)/t13-/m0/s1. The highest BCUT2D eigenvalue weighted by molar-refractivity contribution is 5.84. The SMILES string of the molecule is CCc1ccc(OCC(=O)N2CCOC[C@H]2C(=O)O)cc1. The van der Waals surface area contributed by atoms with E-state index in [-0.39, 0.29) is 25.7 Å². The molecule has 1 amide bonds. The Morgan fingerprint density at radius 3 is 2.71 bits per heavy atom. The lowest BCUT2D eigenvalue weighted by atomic mass is 10.2. The van der Waals surface area contributed by atoms with Gasteiger partial charge in [-0.2, -0.15) is 0 Å². The number of carbonyl (C=O) groups excluding carboxylic acids is 1. The van der Waals surface area contributed by atoms with Gasteiger partial charge in [-0.05, 0) is 24.1 Å². The minimum Gasteiger partial charge on any atom is -0.484 e. The summed E-state index contributed by atoms with van der Waals surface area (Å²) < 4.78 is 10.5. The monoisotopic (exact) mass is 293 g/mol. The van der Waals surface area contributed by atoms with Crippen LogP contribution < -0.4 is 4.74 Å². The molecule has 1 heterocycles. The van der Waals surface area contributed by atoms with E-state index in [0.29, 0.717) is 12.4 Å². The highest BCUT2D eigenvalue weighted by Gasteiger charge is 2.32. The molecule has 1 aliphatic heterocycles. The van der Waals surface area contributed by atoms with Crippen LogP contribution in [0.2, 0.25) is 0 Å². The van der Waals surface area contributed by atoms with Crippen molar-refractivity contribution in [1.29, 1.82) is 0 Å². The Hall–Kier alpha value is -2.08. The van der Waals surface area contributed by atoms with E-state index in [0.717, 1.165) is 6.42 Å². The first-order valence-corrected chi connectivity index (χ1v) is 6.93. The summed E-state index contributed by atoms with van der Waals surface area (Å²) in [6.45, 7) is 2.53. The van der Waals surface area contributed by atoms with Crippen LogP contribution in [0.4, 0.5) is 0 Å². The molecule has 1 aliphatic rings. The van der Waals surface area contributed by atoms with Crippen LogP contribution in [0.1, 0.15) is 12.5 Å². The van der Waals surface area contributed by atoms with Crippen molar-refractivity contribution in [1.82, 2.24) is 4.90 Å². The molecule has 0 radical (unpaired) electrons. The van der Waals surface area contributed by atoms with E-state index in [2.05, 4.69) is 6.92 Å². The Labute approximate surface area is 123 Å². The van der Waals surface area contributed by atoms with Crippen LogP contribution in [0, 0.1) is 0 Å². The van der Waals surface area contributed by atoms with E-state index >= 15 is 0 Å². The van der Waals surface area contributed by atoms with Gasteiger partial charge in [0.25, 0.3) is 5.91 Å². The molecule has 0 unspecified atom stereocenters. The summed E-state index contributed by atoms with van der Waals surface area (Å²) in [6.07, 6.45) is 0.938. The zero-order valence-electron chi connectivity index (χ0n) is 11.9. The van der Waals surface area contributed by atoms with E-state index in [9.17, 15) is 9.59 Å². The minimum absolute atomic E-state index is 0.0201. The van der Waals surface area contributed by atoms with Gasteiger partial charge in [-0.15, -0.1) is 0 Å². The highest BCUT2D eigenvalue weighted by atomic mass is 16.5. The fourth-order valence-corrected chi connectivity index (χ4v) is 2.16. The van der Waals surface area contributed by atoms with E-state index in [4.69, 9.17) is 14.6 Å². The molecular weight excluding hydrogens is 274 g/mol. The Morgan fingerprint density at radius 1 is 1.38 bits per heavy atom. The molecule has 6 nitrogen and oxygen atoms in total. The second kappa shape index (κ2) is 7.08. The second-order valence-corrected chi connectivity index (χ2v) is 4.80. The van der Waals surface area contributed by atoms with E-state index < -0.39 is 12.0 Å². The van der Waals surface area contributed by atoms with Crippen molar-refractivity contribution in [2.75, 3.05) is 26.4 Å². The summed E-state index contributed by atoms with van der Waals surface area (Å²) >= 11 is 0. The highest BCUT2D eigenvalue weighted by Crippen LogP contribution is 2.13. The lowest BCUT2D eigenvalue weighted by Gasteiger charge is -2.32. The summed E-state index contributed by atoms with van der Waals surface area (Å²) in [5, 5.41) is 9.09. The van der Waals surface area contributed by atoms with Crippen molar-refractivity contribution in [3.05, 3.63) is 29.8 Å². The van der Waals surface area contributed by atoms with Crippen LogP contribution in [0.3, 0.4) is 0 Å². The number of benzene rings is 1. The van der Waals surface area contributed by atoms with E-state index in [1.54, 1.807) is 12.1 Å². The number of rotatable bonds is 5. The normalized spacial score (nSPS) is 18.3. The molecule has 21 heavy (non-hydrogen) atoms. The van der Waals surface area contributed by atoms with Crippen molar-refractivity contribution in [2.24, 2.45) is 0 Å². The van der Waals surface area contributed by atoms with Gasteiger partial charge in [0.05, 0.1) is 13.2 Å². The van der Waals surface area contributed by atoms with Crippen molar-refractivity contribution in [3.63, 3.8) is 0 Å². The molecule has 0 bridgehead atoms. The molecule has 6 heteroatoms. The first-order chi connectivity index (χ1) is 10.1. The zero-order chi connectivity index (χ0) is 15.2. The van der Waals surface area contributed by atoms with Crippen LogP contribution in [0.25, 0.3) is 0 Å². The number of carboxylic acid groups (broad SMARTS) is 1. The molecule has 0 saturated carbocycles. The summed E-state index contributed by atoms with van der Waals surface area (Å²) in [6, 6.07) is 6.56. The fourth-order valence-electron chi connectivity index (χ4n) is 2.16. The number of hydrogen-bond acceptors (Lipinski definition) is 4. The van der Waals surface area contributed by atoms with Crippen molar-refractivity contribution in [3.8, 4) is 5.75 Å². The van der Waals surface area contributed by atoms with Gasteiger partial charge in [-0.3, -0.25) is 4.79 Å². The molecule has 0 aromatic heterocycles. The van der Waals surface area contributed by atoms with Crippen LogP contribution in [-0.2, 0) is 20.7 Å². The zero-order valence-corrected chi connectivity index (χ0v) is 11.9. The van der Waals surface area contributed by atoms with E-state index in [1.165, 1.54) is 10.5 Å². The third kappa shape index (κ3) is 3.95. The van der Waals surface area contributed by atoms with Crippen LogP contribution in [0.15, 0.2) is 24.3 Å². The number of amides is 1. The summed E-state index contributed by atoms with van der Waals surface area (Å²) in [5.74, 6) is -0.804. The maximum absolute atomic E-state index is 12.1. The molecule has 1 aromatic carbocycles. The molecule has 1 N–H and O–H groups in total. The third-order valence-corrected chi connectivity index (χ3v) is 3.43. The number of nitrogens with zero attached hydrogens (tertiary/aromatic N) is 1. The van der Waals surface area contributed by atoms with Gasteiger partial charge in [-0.1, -0.05) is 19.1 Å². The number of hydrogen-bond donors (Lipinski definition) is 1. The molecule has 2 rings (SSSR count). The maximum Gasteiger partial charge on any atom is 0.328 e. The Morgan fingerprint density at radius 2 is 2.10 bits per heavy atom. The van der Waals surface area contributed by atoms with Crippen LogP contribution in [0.5, 0.6) is 5.75 Å². The Bertz CT molecular complexity index is 499. The van der Waals surface area contributed by atoms with Gasteiger partial charge in [-0.25, -0.2) is 4.79 Å². The lowest BCUT2D eigenvalue weighted by molar-refractivity contribution is -0.159. The molecule has 114 valence electrons.